The van der Waals surface area contributed by atoms with Crippen LogP contribution < -0.4 is 0 Å². The van der Waals surface area contributed by atoms with Gasteiger partial charge in [0.05, 0.1) is 6.04 Å². The number of hydrogen-bond acceptors (Lipinski definition) is 1. The number of rotatable bonds is 2. The van der Waals surface area contributed by atoms with Crippen LogP contribution in [0.3, 0.4) is 0 Å². The molecule has 0 amide bonds. The molecule has 1 atom stereocenters. The average molecular weight is 123 g/mol. The summed E-state index contributed by atoms with van der Waals surface area (Å²) in [6.45, 7) is 1.85. The second kappa shape index (κ2) is 2.49. The van der Waals surface area contributed by atoms with E-state index in [0.29, 0.717) is 0 Å². The number of carbonyl (C=O) groups is 1. The van der Waals surface area contributed by atoms with Gasteiger partial charge in [0.15, 0.2) is 0 Å². The molecule has 0 aromatic carbocycles. The Balaban J connectivity index is 2.76. The molecule has 0 radical (unpaired) electrons. The highest BCUT2D eigenvalue weighted by molar-refractivity contribution is 5.54. The smallest absolute Gasteiger partial charge is 0.142 e. The molecule has 2 heteroatoms. The first-order chi connectivity index (χ1) is 4.34. The highest BCUT2D eigenvalue weighted by Gasteiger charge is 1.96. The zero-order valence-electron chi connectivity index (χ0n) is 5.32. The fourth-order valence-corrected chi connectivity index (χ4v) is 0.690. The van der Waals surface area contributed by atoms with Crippen LogP contribution in [0.25, 0.3) is 0 Å². The molecule has 1 heterocycles. The fraction of sp³-hybridized carbons (Fsp3) is 0.286. The minimum Gasteiger partial charge on any atom is -0.344 e. The van der Waals surface area contributed by atoms with E-state index in [1.807, 2.05) is 36.0 Å². The lowest BCUT2D eigenvalue weighted by molar-refractivity contribution is -0.110. The summed E-state index contributed by atoms with van der Waals surface area (Å²) in [5.41, 5.74) is 0. The summed E-state index contributed by atoms with van der Waals surface area (Å²) < 4.78 is 1.85. The van der Waals surface area contributed by atoms with Gasteiger partial charge in [0.1, 0.15) is 6.29 Å². The molecule has 2 nitrogen and oxygen atoms in total. The van der Waals surface area contributed by atoms with E-state index < -0.39 is 0 Å². The van der Waals surface area contributed by atoms with Crippen LogP contribution in [0, 0.1) is 0 Å². The first-order valence-corrected chi connectivity index (χ1v) is 2.92. The normalized spacial score (nSPS) is 13.0. The number of hydrogen-bond donors (Lipinski definition) is 0. The molecule has 1 rings (SSSR count). The minimum absolute atomic E-state index is 0.0278. The molecule has 0 aliphatic carbocycles. The van der Waals surface area contributed by atoms with Gasteiger partial charge in [-0.3, -0.25) is 0 Å². The molecule has 9 heavy (non-hydrogen) atoms. The molecule has 0 saturated carbocycles. The Morgan fingerprint density at radius 2 is 2.00 bits per heavy atom. The molecule has 0 unspecified atom stereocenters. The number of aldehydes is 1. The lowest BCUT2D eigenvalue weighted by atomic mass is 10.4. The Morgan fingerprint density at radius 1 is 1.44 bits per heavy atom. The molecular formula is C7H9NO. The summed E-state index contributed by atoms with van der Waals surface area (Å²) in [5.74, 6) is 0. The first-order valence-electron chi connectivity index (χ1n) is 2.92. The summed E-state index contributed by atoms with van der Waals surface area (Å²) >= 11 is 0. The molecule has 0 bridgehead atoms. The molecule has 1 aromatic rings. The average Bonchev–Trinajstić information content (AvgIpc) is 2.37. The van der Waals surface area contributed by atoms with Crippen molar-refractivity contribution in [2.75, 3.05) is 0 Å². The van der Waals surface area contributed by atoms with Crippen LogP contribution in [-0.4, -0.2) is 10.9 Å². The van der Waals surface area contributed by atoms with E-state index in [0.717, 1.165) is 6.29 Å². The maximum Gasteiger partial charge on any atom is 0.142 e. The predicted octanol–water partition coefficient (Wildman–Crippen LogP) is 1.25. The van der Waals surface area contributed by atoms with Crippen LogP contribution in [0.5, 0.6) is 0 Å². The molecule has 0 aliphatic rings. The van der Waals surface area contributed by atoms with Gasteiger partial charge in [0.25, 0.3) is 0 Å². The third-order valence-corrected chi connectivity index (χ3v) is 1.29. The highest BCUT2D eigenvalue weighted by atomic mass is 16.1. The van der Waals surface area contributed by atoms with Crippen LogP contribution in [-0.2, 0) is 4.79 Å². The number of carbonyl (C=O) groups excluding carboxylic acids is 1. The van der Waals surface area contributed by atoms with Crippen molar-refractivity contribution in [1.29, 1.82) is 0 Å². The van der Waals surface area contributed by atoms with E-state index >= 15 is 0 Å². The van der Waals surface area contributed by atoms with E-state index in [1.54, 1.807) is 0 Å². The van der Waals surface area contributed by atoms with Gasteiger partial charge in [-0.1, -0.05) is 0 Å². The van der Waals surface area contributed by atoms with E-state index in [2.05, 4.69) is 0 Å². The Hall–Kier alpha value is -1.05. The second-order valence-corrected chi connectivity index (χ2v) is 2.01. The van der Waals surface area contributed by atoms with Crippen molar-refractivity contribution in [2.45, 2.75) is 13.0 Å². The molecule has 48 valence electrons. The summed E-state index contributed by atoms with van der Waals surface area (Å²) in [6.07, 6.45) is 4.66. The Bertz CT molecular complexity index is 179. The van der Waals surface area contributed by atoms with Gasteiger partial charge in [0.2, 0.25) is 0 Å². The quantitative estimate of drug-likeness (QED) is 0.542. The SMILES string of the molecule is C[C@H](C=O)n1cccc1. The third kappa shape index (κ3) is 1.19. The maximum atomic E-state index is 10.2. The van der Waals surface area contributed by atoms with Gasteiger partial charge in [-0.15, -0.1) is 0 Å². The van der Waals surface area contributed by atoms with E-state index in [1.165, 1.54) is 0 Å². The van der Waals surface area contributed by atoms with E-state index in [4.69, 9.17) is 0 Å². The number of aromatic nitrogens is 1. The first kappa shape index (κ1) is 6.08. The van der Waals surface area contributed by atoms with E-state index in [-0.39, 0.29) is 6.04 Å². The molecule has 0 N–H and O–H groups in total. The third-order valence-electron chi connectivity index (χ3n) is 1.29. The zero-order valence-corrected chi connectivity index (χ0v) is 5.32. The topological polar surface area (TPSA) is 22.0 Å². The Kier molecular flexibility index (Phi) is 1.68. The van der Waals surface area contributed by atoms with Crippen molar-refractivity contribution in [2.24, 2.45) is 0 Å². The monoisotopic (exact) mass is 123 g/mol. The second-order valence-electron chi connectivity index (χ2n) is 2.01. The Morgan fingerprint density at radius 3 is 2.44 bits per heavy atom. The van der Waals surface area contributed by atoms with Crippen molar-refractivity contribution in [3.8, 4) is 0 Å². The molecule has 0 saturated heterocycles. The zero-order chi connectivity index (χ0) is 6.69. The van der Waals surface area contributed by atoms with Gasteiger partial charge in [-0.2, -0.15) is 0 Å². The Labute approximate surface area is 54.1 Å². The lowest BCUT2D eigenvalue weighted by Crippen LogP contribution is -2.01. The largest absolute Gasteiger partial charge is 0.344 e. The van der Waals surface area contributed by atoms with Crippen molar-refractivity contribution < 1.29 is 4.79 Å². The van der Waals surface area contributed by atoms with Crippen molar-refractivity contribution >= 4 is 6.29 Å². The summed E-state index contributed by atoms with van der Waals surface area (Å²) in [4.78, 5) is 10.2. The predicted molar refractivity (Wildman–Crippen MR) is 35.2 cm³/mol. The summed E-state index contributed by atoms with van der Waals surface area (Å²) in [5, 5.41) is 0. The van der Waals surface area contributed by atoms with Crippen LogP contribution in [0.4, 0.5) is 0 Å². The van der Waals surface area contributed by atoms with Gasteiger partial charge in [0, 0.05) is 12.4 Å². The van der Waals surface area contributed by atoms with Gasteiger partial charge in [-0.05, 0) is 19.1 Å². The van der Waals surface area contributed by atoms with Crippen LogP contribution in [0.2, 0.25) is 0 Å². The minimum atomic E-state index is -0.0278. The van der Waals surface area contributed by atoms with Crippen molar-refractivity contribution in [1.82, 2.24) is 4.57 Å². The van der Waals surface area contributed by atoms with Crippen molar-refractivity contribution in [3.63, 3.8) is 0 Å². The fourth-order valence-electron chi connectivity index (χ4n) is 0.690. The van der Waals surface area contributed by atoms with Crippen molar-refractivity contribution in [3.05, 3.63) is 24.5 Å². The van der Waals surface area contributed by atoms with Crippen LogP contribution in [0.1, 0.15) is 13.0 Å². The highest BCUT2D eigenvalue weighted by Crippen LogP contribution is 2.00. The van der Waals surface area contributed by atoms with Gasteiger partial charge >= 0.3 is 0 Å². The van der Waals surface area contributed by atoms with Gasteiger partial charge in [-0.25, -0.2) is 0 Å². The maximum absolute atomic E-state index is 10.2. The van der Waals surface area contributed by atoms with E-state index in [9.17, 15) is 4.79 Å². The lowest BCUT2D eigenvalue weighted by Gasteiger charge is -2.02. The summed E-state index contributed by atoms with van der Waals surface area (Å²) in [6, 6.07) is 3.78. The number of nitrogens with zero attached hydrogens (tertiary/aromatic N) is 1. The molecule has 0 fully saturated rings. The van der Waals surface area contributed by atoms with Gasteiger partial charge < -0.3 is 9.36 Å². The molecule has 0 aliphatic heterocycles. The van der Waals surface area contributed by atoms with Crippen LogP contribution >= 0.6 is 0 Å². The standard InChI is InChI=1S/C7H9NO/c1-7(6-9)8-4-2-3-5-8/h2-7H,1H3/t7-/m1/s1. The molecule has 0 spiro atoms. The molecular weight excluding hydrogens is 114 g/mol. The summed E-state index contributed by atoms with van der Waals surface area (Å²) in [7, 11) is 0. The van der Waals surface area contributed by atoms with Crippen LogP contribution in [0.15, 0.2) is 24.5 Å². The molecule has 1 aromatic heterocycles.